The van der Waals surface area contributed by atoms with E-state index in [1.807, 2.05) is 0 Å². The van der Waals surface area contributed by atoms with E-state index < -0.39 is 15.8 Å². The fourth-order valence-corrected chi connectivity index (χ4v) is 4.64. The van der Waals surface area contributed by atoms with Gasteiger partial charge in [0, 0.05) is 13.1 Å². The van der Waals surface area contributed by atoms with E-state index in [1.165, 1.54) is 16.4 Å². The van der Waals surface area contributed by atoms with Gasteiger partial charge in [-0.3, -0.25) is 0 Å². The Balaban J connectivity index is 2.37. The zero-order valence-corrected chi connectivity index (χ0v) is 12.7. The SMILES string of the molecule is Cc1ccc(F)cc1S(=O)(=O)N(C)C1CCCC1CN. The van der Waals surface area contributed by atoms with Crippen LogP contribution < -0.4 is 5.73 Å². The van der Waals surface area contributed by atoms with Crippen molar-refractivity contribution in [1.82, 2.24) is 4.31 Å². The highest BCUT2D eigenvalue weighted by atomic mass is 32.2. The van der Waals surface area contributed by atoms with Gasteiger partial charge in [-0.15, -0.1) is 0 Å². The van der Waals surface area contributed by atoms with E-state index in [-0.39, 0.29) is 16.9 Å². The Hall–Kier alpha value is -0.980. The third-order valence-electron chi connectivity index (χ3n) is 4.20. The minimum Gasteiger partial charge on any atom is -0.330 e. The van der Waals surface area contributed by atoms with Crippen molar-refractivity contribution in [2.75, 3.05) is 13.6 Å². The topological polar surface area (TPSA) is 63.4 Å². The minimum absolute atomic E-state index is 0.0441. The molecule has 6 heteroatoms. The Labute approximate surface area is 119 Å². The molecule has 2 rings (SSSR count). The first-order valence-corrected chi connectivity index (χ1v) is 8.26. The van der Waals surface area contributed by atoms with E-state index in [1.54, 1.807) is 14.0 Å². The zero-order chi connectivity index (χ0) is 14.9. The highest BCUT2D eigenvalue weighted by Gasteiger charge is 2.36. The summed E-state index contributed by atoms with van der Waals surface area (Å²) in [6.07, 6.45) is 2.74. The largest absolute Gasteiger partial charge is 0.330 e. The van der Waals surface area contributed by atoms with Gasteiger partial charge in [0.15, 0.2) is 0 Å². The van der Waals surface area contributed by atoms with Crippen LogP contribution in [0.15, 0.2) is 23.1 Å². The van der Waals surface area contributed by atoms with Gasteiger partial charge in [-0.2, -0.15) is 4.31 Å². The lowest BCUT2D eigenvalue weighted by Crippen LogP contribution is -2.41. The molecule has 1 aliphatic carbocycles. The van der Waals surface area contributed by atoms with Gasteiger partial charge in [0.1, 0.15) is 5.82 Å². The van der Waals surface area contributed by atoms with Gasteiger partial charge >= 0.3 is 0 Å². The van der Waals surface area contributed by atoms with Crippen LogP contribution in [0.2, 0.25) is 0 Å². The Kier molecular flexibility index (Phi) is 4.46. The number of sulfonamides is 1. The molecule has 0 spiro atoms. The predicted octanol–water partition coefficient (Wildman–Crippen LogP) is 1.88. The van der Waals surface area contributed by atoms with Gasteiger partial charge in [-0.05, 0) is 49.9 Å². The lowest BCUT2D eigenvalue weighted by atomic mass is 10.0. The van der Waals surface area contributed by atoms with Crippen LogP contribution in [-0.2, 0) is 10.0 Å². The molecule has 1 fully saturated rings. The predicted molar refractivity (Wildman–Crippen MR) is 76.3 cm³/mol. The number of nitrogens with two attached hydrogens (primary N) is 1. The van der Waals surface area contributed by atoms with Crippen molar-refractivity contribution in [2.45, 2.75) is 37.1 Å². The van der Waals surface area contributed by atoms with Gasteiger partial charge in [-0.25, -0.2) is 12.8 Å². The molecule has 0 bridgehead atoms. The number of hydrogen-bond acceptors (Lipinski definition) is 3. The lowest BCUT2D eigenvalue weighted by Gasteiger charge is -2.28. The standard InChI is InChI=1S/C14H21FN2O2S/c1-10-6-7-12(15)8-14(10)20(18,19)17(2)13-5-3-4-11(13)9-16/h6-8,11,13H,3-5,9,16H2,1-2H3. The summed E-state index contributed by atoms with van der Waals surface area (Å²) in [4.78, 5) is 0.0441. The number of benzene rings is 1. The Morgan fingerprint density at radius 3 is 2.75 bits per heavy atom. The monoisotopic (exact) mass is 300 g/mol. The lowest BCUT2D eigenvalue weighted by molar-refractivity contribution is 0.304. The molecule has 0 aliphatic heterocycles. The molecule has 1 aromatic rings. The van der Waals surface area contributed by atoms with Crippen molar-refractivity contribution < 1.29 is 12.8 Å². The molecular weight excluding hydrogens is 279 g/mol. The molecule has 0 heterocycles. The van der Waals surface area contributed by atoms with Crippen LogP contribution in [-0.4, -0.2) is 32.4 Å². The number of halogens is 1. The minimum atomic E-state index is -3.68. The maximum absolute atomic E-state index is 13.4. The van der Waals surface area contributed by atoms with Crippen molar-refractivity contribution in [3.8, 4) is 0 Å². The van der Waals surface area contributed by atoms with Crippen LogP contribution in [0.1, 0.15) is 24.8 Å². The summed E-state index contributed by atoms with van der Waals surface area (Å²) in [6.45, 7) is 2.15. The van der Waals surface area contributed by atoms with Gasteiger partial charge in [0.25, 0.3) is 0 Å². The molecule has 2 N–H and O–H groups in total. The quantitative estimate of drug-likeness (QED) is 0.923. The first-order chi connectivity index (χ1) is 9.37. The maximum Gasteiger partial charge on any atom is 0.243 e. The second-order valence-corrected chi connectivity index (χ2v) is 7.39. The first kappa shape index (κ1) is 15.4. The van der Waals surface area contributed by atoms with Crippen LogP contribution in [0.5, 0.6) is 0 Å². The third kappa shape index (κ3) is 2.73. The second-order valence-electron chi connectivity index (χ2n) is 5.43. The van der Waals surface area contributed by atoms with Crippen LogP contribution in [0.4, 0.5) is 4.39 Å². The maximum atomic E-state index is 13.4. The highest BCUT2D eigenvalue weighted by Crippen LogP contribution is 2.32. The van der Waals surface area contributed by atoms with E-state index >= 15 is 0 Å². The van der Waals surface area contributed by atoms with Gasteiger partial charge in [0.2, 0.25) is 10.0 Å². The fourth-order valence-electron chi connectivity index (χ4n) is 2.96. The molecule has 0 aromatic heterocycles. The molecule has 0 radical (unpaired) electrons. The van der Waals surface area contributed by atoms with Crippen LogP contribution in [0.3, 0.4) is 0 Å². The molecule has 1 aliphatic rings. The highest BCUT2D eigenvalue weighted by molar-refractivity contribution is 7.89. The number of rotatable bonds is 4. The van der Waals surface area contributed by atoms with Gasteiger partial charge in [0.05, 0.1) is 4.90 Å². The fraction of sp³-hybridized carbons (Fsp3) is 0.571. The smallest absolute Gasteiger partial charge is 0.243 e. The first-order valence-electron chi connectivity index (χ1n) is 6.82. The molecular formula is C14H21FN2O2S. The van der Waals surface area contributed by atoms with Crippen molar-refractivity contribution >= 4 is 10.0 Å². The van der Waals surface area contributed by atoms with E-state index in [2.05, 4.69) is 0 Å². The summed E-state index contributed by atoms with van der Waals surface area (Å²) in [5.74, 6) is -0.354. The van der Waals surface area contributed by atoms with E-state index in [4.69, 9.17) is 5.73 Å². The van der Waals surface area contributed by atoms with Crippen molar-refractivity contribution in [2.24, 2.45) is 11.7 Å². The average molecular weight is 300 g/mol. The molecule has 2 atom stereocenters. The van der Waals surface area contributed by atoms with E-state index in [9.17, 15) is 12.8 Å². The number of nitrogens with zero attached hydrogens (tertiary/aromatic N) is 1. The number of aryl methyl sites for hydroxylation is 1. The summed E-state index contributed by atoms with van der Waals surface area (Å²) in [5.41, 5.74) is 6.27. The van der Waals surface area contributed by atoms with Crippen LogP contribution in [0, 0.1) is 18.7 Å². The normalized spacial score (nSPS) is 23.4. The Morgan fingerprint density at radius 2 is 2.10 bits per heavy atom. The molecule has 0 saturated heterocycles. The molecule has 20 heavy (non-hydrogen) atoms. The Bertz CT molecular complexity index is 589. The Morgan fingerprint density at radius 1 is 1.40 bits per heavy atom. The summed E-state index contributed by atoms with van der Waals surface area (Å²) < 4.78 is 40.1. The number of hydrogen-bond donors (Lipinski definition) is 1. The average Bonchev–Trinajstić information content (AvgIpc) is 2.88. The molecule has 1 aromatic carbocycles. The molecule has 4 nitrogen and oxygen atoms in total. The molecule has 2 unspecified atom stereocenters. The summed E-state index contributed by atoms with van der Waals surface area (Å²) >= 11 is 0. The summed E-state index contributed by atoms with van der Waals surface area (Å²) in [7, 11) is -2.11. The summed E-state index contributed by atoms with van der Waals surface area (Å²) in [6, 6.07) is 3.76. The van der Waals surface area contributed by atoms with E-state index in [0.717, 1.165) is 25.3 Å². The summed E-state index contributed by atoms with van der Waals surface area (Å²) in [5, 5.41) is 0. The molecule has 1 saturated carbocycles. The van der Waals surface area contributed by atoms with Crippen LogP contribution in [0.25, 0.3) is 0 Å². The van der Waals surface area contributed by atoms with E-state index in [0.29, 0.717) is 12.1 Å². The zero-order valence-electron chi connectivity index (χ0n) is 11.8. The van der Waals surface area contributed by atoms with Crippen molar-refractivity contribution in [3.63, 3.8) is 0 Å². The van der Waals surface area contributed by atoms with Gasteiger partial charge < -0.3 is 5.73 Å². The molecule has 0 amide bonds. The van der Waals surface area contributed by atoms with Crippen LogP contribution >= 0.6 is 0 Å². The van der Waals surface area contributed by atoms with Crippen molar-refractivity contribution in [3.05, 3.63) is 29.6 Å². The second kappa shape index (κ2) is 5.79. The van der Waals surface area contributed by atoms with Crippen molar-refractivity contribution in [1.29, 1.82) is 0 Å². The third-order valence-corrected chi connectivity index (χ3v) is 6.22. The van der Waals surface area contributed by atoms with Gasteiger partial charge in [-0.1, -0.05) is 12.5 Å². The molecule has 112 valence electrons.